The number of nitrogens with one attached hydrogen (secondary N) is 1. The molecule has 0 unspecified atom stereocenters. The van der Waals surface area contributed by atoms with Crippen molar-refractivity contribution in [1.29, 1.82) is 0 Å². The summed E-state index contributed by atoms with van der Waals surface area (Å²) in [6.45, 7) is 7.60. The van der Waals surface area contributed by atoms with E-state index in [0.29, 0.717) is 29.4 Å². The van der Waals surface area contributed by atoms with Crippen LogP contribution in [0, 0.1) is 12.3 Å². The maximum atomic E-state index is 11.8. The monoisotopic (exact) mass is 285 g/mol. The number of aryl methyl sites for hydroxylation is 1. The molecule has 3 N–H and O–H groups in total. The number of hydrogen-bond donors (Lipinski definition) is 2. The highest BCUT2D eigenvalue weighted by atomic mass is 32.1. The van der Waals surface area contributed by atoms with Gasteiger partial charge in [-0.3, -0.25) is 4.79 Å². The fraction of sp³-hybridized carbons (Fsp3) is 0.583. The molecule has 0 radical (unpaired) electrons. The Balaban J connectivity index is 2.86. The molecule has 6 nitrogen and oxygen atoms in total. The molecular formula is C12H19N3O3S. The Morgan fingerprint density at radius 2 is 2.11 bits per heavy atom. The largest absolute Gasteiger partial charge is 0.462 e. The summed E-state index contributed by atoms with van der Waals surface area (Å²) in [7, 11) is 0. The van der Waals surface area contributed by atoms with E-state index in [4.69, 9.17) is 10.5 Å². The minimum absolute atomic E-state index is 0.306. The van der Waals surface area contributed by atoms with Crippen molar-refractivity contribution in [3.8, 4) is 0 Å². The number of rotatable bonds is 6. The molecule has 0 aliphatic heterocycles. The standard InChI is InChI=1S/C12H19N3O3S/c1-5-18-10(16)8-7(2)15-19-9(8)14-6-12(3,4)11(13)17/h14H,5-6H2,1-4H3,(H2,13,17). The van der Waals surface area contributed by atoms with Crippen molar-refractivity contribution in [2.75, 3.05) is 18.5 Å². The first kappa shape index (κ1) is 15.4. The third kappa shape index (κ3) is 3.66. The van der Waals surface area contributed by atoms with Gasteiger partial charge in [-0.05, 0) is 39.2 Å². The molecule has 1 aromatic rings. The predicted molar refractivity (Wildman–Crippen MR) is 74.3 cm³/mol. The molecule has 106 valence electrons. The zero-order valence-corrected chi connectivity index (χ0v) is 12.4. The number of esters is 1. The molecule has 19 heavy (non-hydrogen) atoms. The summed E-state index contributed by atoms with van der Waals surface area (Å²) in [6, 6.07) is 0. The fourth-order valence-electron chi connectivity index (χ4n) is 1.32. The van der Waals surface area contributed by atoms with Gasteiger partial charge in [0, 0.05) is 6.54 Å². The highest BCUT2D eigenvalue weighted by molar-refractivity contribution is 7.10. The summed E-state index contributed by atoms with van der Waals surface area (Å²) in [5, 5.41) is 3.65. The second-order valence-electron chi connectivity index (χ2n) is 4.79. The molecule has 7 heteroatoms. The summed E-state index contributed by atoms with van der Waals surface area (Å²) in [6.07, 6.45) is 0. The lowest BCUT2D eigenvalue weighted by molar-refractivity contribution is -0.125. The number of primary amides is 1. The Labute approximate surface area is 116 Å². The van der Waals surface area contributed by atoms with E-state index in [9.17, 15) is 9.59 Å². The number of carbonyl (C=O) groups excluding carboxylic acids is 2. The summed E-state index contributed by atoms with van der Waals surface area (Å²) < 4.78 is 9.11. The molecule has 1 amide bonds. The number of amides is 1. The first-order valence-electron chi connectivity index (χ1n) is 5.96. The van der Waals surface area contributed by atoms with Gasteiger partial charge in [-0.1, -0.05) is 0 Å². The quantitative estimate of drug-likeness (QED) is 0.773. The lowest BCUT2D eigenvalue weighted by Gasteiger charge is -2.21. The Bertz CT molecular complexity index is 483. The van der Waals surface area contributed by atoms with Gasteiger partial charge in [0.25, 0.3) is 0 Å². The molecule has 0 saturated heterocycles. The first-order chi connectivity index (χ1) is 8.79. The van der Waals surface area contributed by atoms with Crippen molar-refractivity contribution in [2.24, 2.45) is 11.1 Å². The maximum Gasteiger partial charge on any atom is 0.343 e. The van der Waals surface area contributed by atoms with Crippen molar-refractivity contribution in [3.63, 3.8) is 0 Å². The summed E-state index contributed by atoms with van der Waals surface area (Å²) in [5.74, 6) is -0.813. The van der Waals surface area contributed by atoms with Crippen LogP contribution in [0.4, 0.5) is 5.00 Å². The molecule has 0 spiro atoms. The maximum absolute atomic E-state index is 11.8. The number of aromatic nitrogens is 1. The van der Waals surface area contributed by atoms with Crippen molar-refractivity contribution < 1.29 is 14.3 Å². The molecule has 0 aliphatic rings. The van der Waals surface area contributed by atoms with Gasteiger partial charge in [0.05, 0.1) is 17.7 Å². The Morgan fingerprint density at radius 3 is 2.63 bits per heavy atom. The van der Waals surface area contributed by atoms with Crippen LogP contribution in [0.2, 0.25) is 0 Å². The lowest BCUT2D eigenvalue weighted by Crippen LogP contribution is -2.37. The van der Waals surface area contributed by atoms with E-state index in [1.807, 2.05) is 0 Å². The third-order valence-electron chi connectivity index (χ3n) is 2.70. The van der Waals surface area contributed by atoms with Gasteiger partial charge in [-0.25, -0.2) is 4.79 Å². The first-order valence-corrected chi connectivity index (χ1v) is 6.74. The highest BCUT2D eigenvalue weighted by Crippen LogP contribution is 2.27. The van der Waals surface area contributed by atoms with E-state index < -0.39 is 17.3 Å². The average molecular weight is 285 g/mol. The van der Waals surface area contributed by atoms with Gasteiger partial charge in [-0.2, -0.15) is 4.37 Å². The molecule has 0 atom stereocenters. The second-order valence-corrected chi connectivity index (χ2v) is 5.57. The van der Waals surface area contributed by atoms with E-state index in [1.54, 1.807) is 27.7 Å². The van der Waals surface area contributed by atoms with Gasteiger partial charge in [0.15, 0.2) is 0 Å². The van der Waals surface area contributed by atoms with Gasteiger partial charge < -0.3 is 15.8 Å². The van der Waals surface area contributed by atoms with Crippen LogP contribution in [0.3, 0.4) is 0 Å². The zero-order valence-electron chi connectivity index (χ0n) is 11.6. The van der Waals surface area contributed by atoms with E-state index >= 15 is 0 Å². The molecule has 1 aromatic heterocycles. The van der Waals surface area contributed by atoms with Gasteiger partial charge in [0.2, 0.25) is 5.91 Å². The number of anilines is 1. The number of carbonyl (C=O) groups is 2. The van der Waals surface area contributed by atoms with E-state index in [-0.39, 0.29) is 0 Å². The molecule has 0 aliphatic carbocycles. The van der Waals surface area contributed by atoms with E-state index in [1.165, 1.54) is 11.5 Å². The van der Waals surface area contributed by atoms with Crippen LogP contribution in [0.25, 0.3) is 0 Å². The van der Waals surface area contributed by atoms with Crippen LogP contribution in [0.1, 0.15) is 36.8 Å². The molecule has 0 bridgehead atoms. The summed E-state index contributed by atoms with van der Waals surface area (Å²) in [4.78, 5) is 23.1. The molecule has 1 rings (SSSR count). The smallest absolute Gasteiger partial charge is 0.343 e. The van der Waals surface area contributed by atoms with Crippen LogP contribution in [-0.4, -0.2) is 29.4 Å². The molecule has 0 fully saturated rings. The Kier molecular flexibility index (Phi) is 4.88. The molecular weight excluding hydrogens is 266 g/mol. The summed E-state index contributed by atoms with van der Waals surface area (Å²) in [5.41, 5.74) is 5.63. The number of nitrogens with zero attached hydrogens (tertiary/aromatic N) is 1. The topological polar surface area (TPSA) is 94.3 Å². The number of ether oxygens (including phenoxy) is 1. The minimum Gasteiger partial charge on any atom is -0.462 e. The second kappa shape index (κ2) is 6.01. The average Bonchev–Trinajstić information content (AvgIpc) is 2.68. The Hall–Kier alpha value is -1.63. The van der Waals surface area contributed by atoms with Crippen LogP contribution in [0.5, 0.6) is 0 Å². The van der Waals surface area contributed by atoms with Gasteiger partial charge in [-0.15, -0.1) is 0 Å². The van der Waals surface area contributed by atoms with Crippen LogP contribution < -0.4 is 11.1 Å². The third-order valence-corrected chi connectivity index (χ3v) is 3.60. The molecule has 0 saturated carbocycles. The fourth-order valence-corrected chi connectivity index (χ4v) is 2.10. The van der Waals surface area contributed by atoms with Crippen LogP contribution >= 0.6 is 11.5 Å². The van der Waals surface area contributed by atoms with Crippen molar-refractivity contribution in [3.05, 3.63) is 11.3 Å². The SMILES string of the molecule is CCOC(=O)c1c(C)nsc1NCC(C)(C)C(N)=O. The van der Waals surface area contributed by atoms with E-state index in [2.05, 4.69) is 9.69 Å². The Morgan fingerprint density at radius 1 is 1.47 bits per heavy atom. The van der Waals surface area contributed by atoms with Crippen LogP contribution in [0.15, 0.2) is 0 Å². The van der Waals surface area contributed by atoms with Gasteiger partial charge in [0.1, 0.15) is 10.6 Å². The van der Waals surface area contributed by atoms with Crippen molar-refractivity contribution in [1.82, 2.24) is 4.37 Å². The number of nitrogens with two attached hydrogens (primary N) is 1. The van der Waals surface area contributed by atoms with Gasteiger partial charge >= 0.3 is 5.97 Å². The predicted octanol–water partition coefficient (Wildman–Crippen LogP) is 1.55. The minimum atomic E-state index is -0.705. The highest BCUT2D eigenvalue weighted by Gasteiger charge is 2.27. The molecule has 0 aromatic carbocycles. The summed E-state index contributed by atoms with van der Waals surface area (Å²) >= 11 is 1.17. The van der Waals surface area contributed by atoms with E-state index in [0.717, 1.165) is 0 Å². The van der Waals surface area contributed by atoms with Crippen molar-refractivity contribution in [2.45, 2.75) is 27.7 Å². The zero-order chi connectivity index (χ0) is 14.6. The number of hydrogen-bond acceptors (Lipinski definition) is 6. The van der Waals surface area contributed by atoms with Crippen LogP contribution in [-0.2, 0) is 9.53 Å². The molecule has 1 heterocycles. The lowest BCUT2D eigenvalue weighted by atomic mass is 9.93. The van der Waals surface area contributed by atoms with Crippen molar-refractivity contribution >= 4 is 28.4 Å². The normalized spacial score (nSPS) is 11.2.